The molecular formula is C25H29ClF2O4. The van der Waals surface area contributed by atoms with Gasteiger partial charge in [0.15, 0.2) is 11.6 Å². The third-order valence-corrected chi connectivity index (χ3v) is 8.02. The molecule has 5 unspecified atom stereocenters. The number of ether oxygens (including phenoxy) is 1. The van der Waals surface area contributed by atoms with Gasteiger partial charge in [-0.25, -0.2) is 4.39 Å². The Morgan fingerprint density at radius 2 is 1.88 bits per heavy atom. The van der Waals surface area contributed by atoms with Gasteiger partial charge in [0.25, 0.3) is 0 Å². The standard InChI is InChI=1S/C25H29ClF2O4/c1-3-32-19-8-5-15(21(27)22(19)28)11-16-12-17(6-7-18(16)26)25-10-4-9-24(14(2)29,23(25)31)13-20(25)30/h5-8,12,14,20,23,29-31H,3-4,9-11,13H2,1-2H3. The molecule has 7 heteroatoms. The first kappa shape index (κ1) is 23.4. The number of fused-ring (bicyclic) bond motifs is 2. The Hall–Kier alpha value is -1.73. The van der Waals surface area contributed by atoms with E-state index < -0.39 is 40.8 Å². The molecule has 174 valence electrons. The van der Waals surface area contributed by atoms with Crippen molar-refractivity contribution in [2.24, 2.45) is 5.41 Å². The van der Waals surface area contributed by atoms with Gasteiger partial charge in [-0.3, -0.25) is 0 Å². The second-order valence-electron chi connectivity index (χ2n) is 9.19. The highest BCUT2D eigenvalue weighted by atomic mass is 35.5. The van der Waals surface area contributed by atoms with Crippen molar-refractivity contribution in [3.8, 4) is 5.75 Å². The van der Waals surface area contributed by atoms with Crippen LogP contribution < -0.4 is 4.74 Å². The van der Waals surface area contributed by atoms with E-state index in [1.54, 1.807) is 32.0 Å². The highest BCUT2D eigenvalue weighted by Crippen LogP contribution is 2.61. The molecule has 32 heavy (non-hydrogen) atoms. The Bertz CT molecular complexity index is 1010. The molecule has 2 aromatic rings. The summed E-state index contributed by atoms with van der Waals surface area (Å²) in [6, 6.07) is 8.09. The molecule has 2 saturated carbocycles. The van der Waals surface area contributed by atoms with Crippen LogP contribution in [0.3, 0.4) is 0 Å². The summed E-state index contributed by atoms with van der Waals surface area (Å²) in [7, 11) is 0. The molecule has 2 aliphatic carbocycles. The minimum atomic E-state index is -1.04. The van der Waals surface area contributed by atoms with Crippen LogP contribution in [0.25, 0.3) is 0 Å². The van der Waals surface area contributed by atoms with Crippen molar-refractivity contribution >= 4 is 11.6 Å². The van der Waals surface area contributed by atoms with Gasteiger partial charge >= 0.3 is 0 Å². The Labute approximate surface area is 191 Å². The lowest BCUT2D eigenvalue weighted by Crippen LogP contribution is -2.53. The first-order chi connectivity index (χ1) is 15.2. The largest absolute Gasteiger partial charge is 0.491 e. The molecule has 0 radical (unpaired) electrons. The summed E-state index contributed by atoms with van der Waals surface area (Å²) >= 11 is 6.40. The van der Waals surface area contributed by atoms with Crippen LogP contribution in [0, 0.1) is 17.0 Å². The second-order valence-corrected chi connectivity index (χ2v) is 9.60. The Balaban J connectivity index is 1.72. The fraction of sp³-hybridized carbons (Fsp3) is 0.520. The van der Waals surface area contributed by atoms with Gasteiger partial charge < -0.3 is 20.1 Å². The number of halogens is 3. The van der Waals surface area contributed by atoms with E-state index in [0.29, 0.717) is 35.4 Å². The molecule has 4 rings (SSSR count). The van der Waals surface area contributed by atoms with Gasteiger partial charge in [0.1, 0.15) is 0 Å². The molecule has 0 aliphatic heterocycles. The maximum absolute atomic E-state index is 14.7. The van der Waals surface area contributed by atoms with E-state index in [1.165, 1.54) is 12.1 Å². The molecule has 2 aromatic carbocycles. The quantitative estimate of drug-likeness (QED) is 0.585. The van der Waals surface area contributed by atoms with E-state index in [9.17, 15) is 24.1 Å². The van der Waals surface area contributed by atoms with Crippen LogP contribution in [0.4, 0.5) is 8.78 Å². The Morgan fingerprint density at radius 3 is 2.56 bits per heavy atom. The maximum atomic E-state index is 14.7. The van der Waals surface area contributed by atoms with E-state index >= 15 is 0 Å². The predicted octanol–water partition coefficient (Wildman–Crippen LogP) is 4.52. The van der Waals surface area contributed by atoms with Gasteiger partial charge in [-0.2, -0.15) is 4.39 Å². The van der Waals surface area contributed by atoms with Gasteiger partial charge in [-0.1, -0.05) is 36.2 Å². The SMILES string of the molecule is CCOc1ccc(Cc2cc(C34CCCC(C(C)O)(CC3O)C4O)ccc2Cl)c(F)c1F. The fourth-order valence-electron chi connectivity index (χ4n) is 5.88. The average molecular weight is 467 g/mol. The van der Waals surface area contributed by atoms with Gasteiger partial charge in [0.2, 0.25) is 5.82 Å². The number of rotatable bonds is 6. The molecular weight excluding hydrogens is 438 g/mol. The van der Waals surface area contributed by atoms with Crippen LogP contribution in [-0.4, -0.2) is 40.2 Å². The van der Waals surface area contributed by atoms with Crippen molar-refractivity contribution in [2.75, 3.05) is 6.61 Å². The molecule has 0 heterocycles. The highest BCUT2D eigenvalue weighted by molar-refractivity contribution is 6.31. The summed E-state index contributed by atoms with van der Waals surface area (Å²) in [5.74, 6) is -2.16. The first-order valence-electron chi connectivity index (χ1n) is 11.1. The normalized spacial score (nSPS) is 30.4. The van der Waals surface area contributed by atoms with Crippen molar-refractivity contribution in [1.29, 1.82) is 0 Å². The third-order valence-electron chi connectivity index (χ3n) is 7.66. The van der Waals surface area contributed by atoms with Crippen molar-refractivity contribution < 1.29 is 28.8 Å². The minimum absolute atomic E-state index is 0.0473. The summed E-state index contributed by atoms with van der Waals surface area (Å²) in [6.07, 6.45) is -0.194. The molecule has 2 fully saturated rings. The highest BCUT2D eigenvalue weighted by Gasteiger charge is 2.65. The van der Waals surface area contributed by atoms with Crippen molar-refractivity contribution in [3.05, 3.63) is 63.7 Å². The van der Waals surface area contributed by atoms with Crippen LogP contribution >= 0.6 is 11.6 Å². The topological polar surface area (TPSA) is 69.9 Å². The van der Waals surface area contributed by atoms with Crippen LogP contribution in [0.15, 0.2) is 30.3 Å². The van der Waals surface area contributed by atoms with E-state index in [-0.39, 0.29) is 24.3 Å². The maximum Gasteiger partial charge on any atom is 0.200 e. The zero-order chi connectivity index (χ0) is 23.3. The zero-order valence-corrected chi connectivity index (χ0v) is 19.0. The van der Waals surface area contributed by atoms with Gasteiger partial charge in [0, 0.05) is 22.3 Å². The van der Waals surface area contributed by atoms with Crippen LogP contribution in [0.5, 0.6) is 5.75 Å². The van der Waals surface area contributed by atoms with Gasteiger partial charge in [0.05, 0.1) is 24.9 Å². The monoisotopic (exact) mass is 466 g/mol. The van der Waals surface area contributed by atoms with Crippen molar-refractivity contribution in [3.63, 3.8) is 0 Å². The van der Waals surface area contributed by atoms with E-state index in [4.69, 9.17) is 16.3 Å². The lowest BCUT2D eigenvalue weighted by molar-refractivity contribution is -0.0913. The van der Waals surface area contributed by atoms with E-state index in [0.717, 1.165) is 6.42 Å². The Morgan fingerprint density at radius 1 is 1.12 bits per heavy atom. The summed E-state index contributed by atoms with van der Waals surface area (Å²) in [4.78, 5) is 0. The molecule has 4 nitrogen and oxygen atoms in total. The van der Waals surface area contributed by atoms with Crippen LogP contribution in [0.2, 0.25) is 5.02 Å². The molecule has 2 bridgehead atoms. The van der Waals surface area contributed by atoms with E-state index in [2.05, 4.69) is 0 Å². The lowest BCUT2D eigenvalue weighted by Gasteiger charge is -2.46. The number of aliphatic hydroxyl groups excluding tert-OH is 3. The molecule has 0 spiro atoms. The summed E-state index contributed by atoms with van der Waals surface area (Å²) < 4.78 is 34.1. The van der Waals surface area contributed by atoms with E-state index in [1.807, 2.05) is 0 Å². The summed E-state index contributed by atoms with van der Waals surface area (Å²) in [5, 5.41) is 33.2. The molecule has 0 amide bonds. The molecule has 5 atom stereocenters. The van der Waals surface area contributed by atoms with Crippen LogP contribution in [0.1, 0.15) is 56.2 Å². The summed E-state index contributed by atoms with van der Waals surface area (Å²) in [5.41, 5.74) is -0.289. The minimum Gasteiger partial charge on any atom is -0.491 e. The number of benzene rings is 2. The van der Waals surface area contributed by atoms with Crippen LogP contribution in [-0.2, 0) is 11.8 Å². The lowest BCUT2D eigenvalue weighted by atomic mass is 9.61. The average Bonchev–Trinajstić information content (AvgIpc) is 2.87. The zero-order valence-electron chi connectivity index (χ0n) is 18.2. The summed E-state index contributed by atoms with van der Waals surface area (Å²) in [6.45, 7) is 3.58. The first-order valence-corrected chi connectivity index (χ1v) is 11.5. The fourth-order valence-corrected chi connectivity index (χ4v) is 6.07. The van der Waals surface area contributed by atoms with Gasteiger partial charge in [-0.15, -0.1) is 0 Å². The smallest absolute Gasteiger partial charge is 0.200 e. The van der Waals surface area contributed by atoms with Gasteiger partial charge in [-0.05, 0) is 61.9 Å². The number of hydrogen-bond acceptors (Lipinski definition) is 4. The molecule has 2 aliphatic rings. The molecule has 0 saturated heterocycles. The van der Waals surface area contributed by atoms with Crippen molar-refractivity contribution in [1.82, 2.24) is 0 Å². The molecule has 0 aromatic heterocycles. The third kappa shape index (κ3) is 3.43. The predicted molar refractivity (Wildman–Crippen MR) is 118 cm³/mol. The number of aliphatic hydroxyl groups is 3. The van der Waals surface area contributed by atoms with Crippen molar-refractivity contribution in [2.45, 2.75) is 69.7 Å². The second kappa shape index (κ2) is 8.56. The number of hydrogen-bond donors (Lipinski definition) is 3. The Kier molecular flexibility index (Phi) is 6.27. The molecule has 3 N–H and O–H groups in total.